The number of aryl methyl sites for hydroxylation is 6. The Kier molecular flexibility index (Phi) is 9.53. The van der Waals surface area contributed by atoms with Crippen molar-refractivity contribution >= 4 is 0 Å². The summed E-state index contributed by atoms with van der Waals surface area (Å²) in [6.07, 6.45) is 4.53. The number of hydrogen-bond donors (Lipinski definition) is 0. The van der Waals surface area contributed by atoms with E-state index in [-0.39, 0.29) is 0 Å². The Morgan fingerprint density at radius 3 is 0.949 bits per heavy atom. The zero-order valence-corrected chi connectivity index (χ0v) is 24.0. The number of aromatic nitrogens is 3. The number of rotatable bonds is 12. The molecule has 0 aliphatic heterocycles. The van der Waals surface area contributed by atoms with Crippen molar-refractivity contribution in [3.63, 3.8) is 0 Å². The van der Waals surface area contributed by atoms with Crippen LogP contribution in [0.3, 0.4) is 0 Å². The minimum Gasteiger partial charge on any atom is -0.496 e. The van der Waals surface area contributed by atoms with Gasteiger partial charge < -0.3 is 14.2 Å². The van der Waals surface area contributed by atoms with Gasteiger partial charge in [-0.2, -0.15) is 0 Å². The second kappa shape index (κ2) is 13.2. The largest absolute Gasteiger partial charge is 0.496 e. The van der Waals surface area contributed by atoms with Crippen LogP contribution in [0.5, 0.6) is 17.2 Å². The van der Waals surface area contributed by atoms with E-state index in [0.717, 1.165) is 107 Å². The summed E-state index contributed by atoms with van der Waals surface area (Å²) < 4.78 is 18.3. The minimum atomic E-state index is 0.734. The van der Waals surface area contributed by atoms with Crippen LogP contribution in [0.4, 0.5) is 0 Å². The van der Waals surface area contributed by atoms with Gasteiger partial charge in [-0.15, -0.1) is 0 Å². The first-order chi connectivity index (χ1) is 18.9. The Morgan fingerprint density at radius 1 is 0.436 bits per heavy atom. The SMILES string of the molecule is COc1c(CCc2cccc(C)n2)c(OC)c(CCc2cccc(C)n2)c(OC)c1CCc1cccc(C)n1. The smallest absolute Gasteiger partial charge is 0.132 e. The summed E-state index contributed by atoms with van der Waals surface area (Å²) in [4.78, 5) is 14.2. The van der Waals surface area contributed by atoms with E-state index in [9.17, 15) is 0 Å². The van der Waals surface area contributed by atoms with E-state index in [4.69, 9.17) is 29.2 Å². The van der Waals surface area contributed by atoms with Gasteiger partial charge in [-0.3, -0.25) is 15.0 Å². The van der Waals surface area contributed by atoms with E-state index >= 15 is 0 Å². The molecule has 1 aromatic carbocycles. The highest BCUT2D eigenvalue weighted by Crippen LogP contribution is 2.45. The normalized spacial score (nSPS) is 10.9. The number of hydrogen-bond acceptors (Lipinski definition) is 6. The molecule has 0 unspecified atom stereocenters. The average Bonchev–Trinajstić information content (AvgIpc) is 2.93. The first-order valence-electron chi connectivity index (χ1n) is 13.5. The Morgan fingerprint density at radius 2 is 0.718 bits per heavy atom. The van der Waals surface area contributed by atoms with Crippen LogP contribution in [0.1, 0.15) is 50.9 Å². The summed E-state index contributed by atoms with van der Waals surface area (Å²) in [6.45, 7) is 6.06. The molecular weight excluding hydrogens is 486 g/mol. The molecule has 0 radical (unpaired) electrons. The maximum absolute atomic E-state index is 6.11. The minimum absolute atomic E-state index is 0.734. The van der Waals surface area contributed by atoms with Gasteiger partial charge >= 0.3 is 0 Å². The summed E-state index contributed by atoms with van der Waals surface area (Å²) in [5, 5.41) is 0. The molecule has 3 aromatic heterocycles. The maximum atomic E-state index is 6.11. The van der Waals surface area contributed by atoms with Crippen LogP contribution in [0.25, 0.3) is 0 Å². The maximum Gasteiger partial charge on any atom is 0.132 e. The molecule has 0 saturated heterocycles. The second-order valence-corrected chi connectivity index (χ2v) is 9.85. The van der Waals surface area contributed by atoms with E-state index in [1.807, 2.05) is 39.0 Å². The van der Waals surface area contributed by atoms with Crippen LogP contribution in [-0.2, 0) is 38.5 Å². The van der Waals surface area contributed by atoms with E-state index in [0.29, 0.717) is 0 Å². The molecule has 0 saturated carbocycles. The molecule has 0 aliphatic rings. The number of benzene rings is 1. The number of pyridine rings is 3. The predicted octanol–water partition coefficient (Wildman–Crippen LogP) is 6.18. The fraction of sp³-hybridized carbons (Fsp3) is 0.364. The molecule has 6 nitrogen and oxygen atoms in total. The van der Waals surface area contributed by atoms with Crippen LogP contribution in [0.2, 0.25) is 0 Å². The van der Waals surface area contributed by atoms with E-state index in [1.54, 1.807) is 21.3 Å². The molecule has 0 aliphatic carbocycles. The molecule has 0 fully saturated rings. The van der Waals surface area contributed by atoms with Crippen molar-refractivity contribution in [2.45, 2.75) is 59.3 Å². The summed E-state index contributed by atoms with van der Waals surface area (Å²) in [5.41, 5.74) is 9.31. The van der Waals surface area contributed by atoms with Gasteiger partial charge in [0.15, 0.2) is 0 Å². The fourth-order valence-corrected chi connectivity index (χ4v) is 5.25. The molecule has 204 valence electrons. The zero-order valence-electron chi connectivity index (χ0n) is 24.0. The van der Waals surface area contributed by atoms with Gasteiger partial charge in [0.25, 0.3) is 0 Å². The molecule has 0 bridgehead atoms. The third kappa shape index (κ3) is 6.94. The van der Waals surface area contributed by atoms with Gasteiger partial charge in [0, 0.05) is 50.9 Å². The molecular formula is C33H39N3O3. The molecule has 0 amide bonds. The lowest BCUT2D eigenvalue weighted by molar-refractivity contribution is 0.355. The molecule has 0 N–H and O–H groups in total. The third-order valence-corrected chi connectivity index (χ3v) is 6.99. The lowest BCUT2D eigenvalue weighted by Crippen LogP contribution is -2.11. The molecule has 0 atom stereocenters. The van der Waals surface area contributed by atoms with Crippen molar-refractivity contribution < 1.29 is 14.2 Å². The molecule has 3 heterocycles. The van der Waals surface area contributed by atoms with Gasteiger partial charge in [0.05, 0.1) is 21.3 Å². The van der Waals surface area contributed by atoms with Gasteiger partial charge in [-0.1, -0.05) is 18.2 Å². The van der Waals surface area contributed by atoms with Gasteiger partial charge in [-0.25, -0.2) is 0 Å². The number of ether oxygens (including phenoxy) is 3. The Bertz CT molecular complexity index is 1230. The quantitative estimate of drug-likeness (QED) is 0.220. The predicted molar refractivity (Wildman–Crippen MR) is 155 cm³/mol. The van der Waals surface area contributed by atoms with Crippen molar-refractivity contribution in [1.82, 2.24) is 15.0 Å². The number of nitrogens with zero attached hydrogens (tertiary/aromatic N) is 3. The van der Waals surface area contributed by atoms with Crippen molar-refractivity contribution in [2.75, 3.05) is 21.3 Å². The molecule has 39 heavy (non-hydrogen) atoms. The lowest BCUT2D eigenvalue weighted by Gasteiger charge is -2.24. The van der Waals surface area contributed by atoms with E-state index < -0.39 is 0 Å². The van der Waals surface area contributed by atoms with Crippen LogP contribution in [0, 0.1) is 20.8 Å². The van der Waals surface area contributed by atoms with Crippen molar-refractivity contribution in [2.24, 2.45) is 0 Å². The summed E-state index contributed by atoms with van der Waals surface area (Å²) in [7, 11) is 5.19. The van der Waals surface area contributed by atoms with Crippen LogP contribution < -0.4 is 14.2 Å². The zero-order chi connectivity index (χ0) is 27.8. The Balaban J connectivity index is 1.78. The topological polar surface area (TPSA) is 66.4 Å². The van der Waals surface area contributed by atoms with E-state index in [2.05, 4.69) is 36.4 Å². The highest BCUT2D eigenvalue weighted by atomic mass is 16.5. The van der Waals surface area contributed by atoms with Crippen LogP contribution >= 0.6 is 0 Å². The van der Waals surface area contributed by atoms with Crippen LogP contribution in [-0.4, -0.2) is 36.3 Å². The molecule has 4 rings (SSSR count). The first-order valence-corrected chi connectivity index (χ1v) is 13.5. The molecule has 0 spiro atoms. The average molecular weight is 526 g/mol. The van der Waals surface area contributed by atoms with Gasteiger partial charge in [-0.05, 0) is 95.7 Å². The fourth-order valence-electron chi connectivity index (χ4n) is 5.25. The summed E-state index contributed by atoms with van der Waals surface area (Å²) in [6, 6.07) is 18.5. The summed E-state index contributed by atoms with van der Waals surface area (Å²) >= 11 is 0. The number of methoxy groups -OCH3 is 3. The monoisotopic (exact) mass is 525 g/mol. The third-order valence-electron chi connectivity index (χ3n) is 6.99. The van der Waals surface area contributed by atoms with Crippen molar-refractivity contribution in [3.05, 3.63) is 105 Å². The Hall–Kier alpha value is -3.93. The highest BCUT2D eigenvalue weighted by molar-refractivity contribution is 5.63. The Labute approximate surface area is 232 Å². The molecule has 4 aromatic rings. The summed E-state index contributed by atoms with van der Waals surface area (Å²) in [5.74, 6) is 2.46. The highest BCUT2D eigenvalue weighted by Gasteiger charge is 2.26. The standard InChI is InChI=1S/C33H39N3O3/c1-22-10-7-13-25(34-22)16-19-28-31(37-4)29(20-17-26-14-8-11-23(2)35-26)33(39-6)30(32(28)38-5)21-18-27-15-9-12-24(3)36-27/h7-15H,16-21H2,1-6H3. The van der Waals surface area contributed by atoms with E-state index in [1.165, 1.54) is 0 Å². The lowest BCUT2D eigenvalue weighted by atomic mass is 9.91. The van der Waals surface area contributed by atoms with Crippen molar-refractivity contribution in [1.29, 1.82) is 0 Å². The van der Waals surface area contributed by atoms with Crippen LogP contribution in [0.15, 0.2) is 54.6 Å². The van der Waals surface area contributed by atoms with Gasteiger partial charge in [0.1, 0.15) is 17.2 Å². The van der Waals surface area contributed by atoms with Gasteiger partial charge in [0.2, 0.25) is 0 Å². The van der Waals surface area contributed by atoms with Crippen molar-refractivity contribution in [3.8, 4) is 17.2 Å². The first kappa shape index (κ1) is 28.1. The second-order valence-electron chi connectivity index (χ2n) is 9.85. The molecule has 6 heteroatoms.